The van der Waals surface area contributed by atoms with Gasteiger partial charge in [0.2, 0.25) is 11.8 Å². The van der Waals surface area contributed by atoms with Crippen LogP contribution in [-0.4, -0.2) is 59.4 Å². The van der Waals surface area contributed by atoms with Gasteiger partial charge in [0.15, 0.2) is 0 Å². The lowest BCUT2D eigenvalue weighted by Gasteiger charge is -2.35. The van der Waals surface area contributed by atoms with Crippen LogP contribution in [0.3, 0.4) is 0 Å². The molecule has 3 aromatic rings. The molecule has 0 radical (unpaired) electrons. The average molecular weight is 468 g/mol. The van der Waals surface area contributed by atoms with E-state index in [1.165, 1.54) is 11.8 Å². The van der Waals surface area contributed by atoms with Crippen molar-refractivity contribution in [1.29, 1.82) is 0 Å². The molecule has 1 aliphatic rings. The Labute approximate surface area is 198 Å². The fourth-order valence-electron chi connectivity index (χ4n) is 4.13. The molecule has 2 atom stereocenters. The predicted molar refractivity (Wildman–Crippen MR) is 131 cm³/mol. The maximum Gasteiger partial charge on any atom is 0.242 e. The first-order valence-electron chi connectivity index (χ1n) is 11.0. The highest BCUT2D eigenvalue weighted by atomic mass is 32.2. The molecule has 2 heterocycles. The molecule has 1 saturated heterocycles. The first kappa shape index (κ1) is 23.2. The molecule has 174 valence electrons. The molecule has 8 heteroatoms. The number of ether oxygens (including phenoxy) is 2. The lowest BCUT2D eigenvalue weighted by atomic mass is 10.2. The smallest absolute Gasteiger partial charge is 0.242 e. The standard InChI is InChI=1S/C25H29N3O4S/c1-17-12-28(13-18(2)32-17)25(30)15-27-14-23(21-9-4-5-10-22(21)27)33-16-24(29)26-19-7-6-8-20(11-19)31-3/h4-11,14,17-18H,12-13,15-16H2,1-3H3,(H,26,29)/t17-,18+. The number of aromatic nitrogens is 1. The number of nitrogens with one attached hydrogen (secondary N) is 1. The van der Waals surface area contributed by atoms with Crippen molar-refractivity contribution < 1.29 is 19.1 Å². The van der Waals surface area contributed by atoms with Gasteiger partial charge in [-0.15, -0.1) is 11.8 Å². The summed E-state index contributed by atoms with van der Waals surface area (Å²) in [6, 6.07) is 15.3. The summed E-state index contributed by atoms with van der Waals surface area (Å²) in [4.78, 5) is 28.4. The van der Waals surface area contributed by atoms with Crippen molar-refractivity contribution in [2.45, 2.75) is 37.5 Å². The van der Waals surface area contributed by atoms with Crippen molar-refractivity contribution in [3.63, 3.8) is 0 Å². The molecule has 0 spiro atoms. The van der Waals surface area contributed by atoms with Crippen LogP contribution < -0.4 is 10.1 Å². The number of carbonyl (C=O) groups is 2. The van der Waals surface area contributed by atoms with Gasteiger partial charge in [-0.3, -0.25) is 9.59 Å². The van der Waals surface area contributed by atoms with Crippen molar-refractivity contribution in [3.05, 3.63) is 54.7 Å². The molecule has 0 unspecified atom stereocenters. The molecule has 7 nitrogen and oxygen atoms in total. The molecule has 33 heavy (non-hydrogen) atoms. The third-order valence-corrected chi connectivity index (χ3v) is 6.59. The van der Waals surface area contributed by atoms with Gasteiger partial charge in [0, 0.05) is 46.8 Å². The van der Waals surface area contributed by atoms with Crippen LogP contribution in [0, 0.1) is 0 Å². The van der Waals surface area contributed by atoms with Crippen LogP contribution in [0.25, 0.3) is 10.9 Å². The van der Waals surface area contributed by atoms with E-state index in [0.717, 1.165) is 15.8 Å². The van der Waals surface area contributed by atoms with E-state index in [0.29, 0.717) is 24.5 Å². The van der Waals surface area contributed by atoms with Crippen LogP contribution >= 0.6 is 11.8 Å². The Morgan fingerprint density at radius 3 is 2.64 bits per heavy atom. The van der Waals surface area contributed by atoms with Gasteiger partial charge in [-0.25, -0.2) is 0 Å². The lowest BCUT2D eigenvalue weighted by molar-refractivity contribution is -0.143. The van der Waals surface area contributed by atoms with Gasteiger partial charge in [0.25, 0.3) is 0 Å². The van der Waals surface area contributed by atoms with Crippen LogP contribution in [0.15, 0.2) is 59.6 Å². The van der Waals surface area contributed by atoms with E-state index in [2.05, 4.69) is 5.32 Å². The van der Waals surface area contributed by atoms with E-state index >= 15 is 0 Å². The summed E-state index contributed by atoms with van der Waals surface area (Å²) in [5.41, 5.74) is 1.68. The molecular weight excluding hydrogens is 438 g/mol. The second kappa shape index (κ2) is 10.3. The van der Waals surface area contributed by atoms with Gasteiger partial charge in [-0.2, -0.15) is 0 Å². The molecule has 1 aromatic heterocycles. The van der Waals surface area contributed by atoms with Crippen LogP contribution in [0.2, 0.25) is 0 Å². The number of anilines is 1. The van der Waals surface area contributed by atoms with Gasteiger partial charge >= 0.3 is 0 Å². The van der Waals surface area contributed by atoms with E-state index in [9.17, 15) is 9.59 Å². The number of rotatable bonds is 7. The normalized spacial score (nSPS) is 18.3. The first-order chi connectivity index (χ1) is 15.9. The summed E-state index contributed by atoms with van der Waals surface area (Å²) in [6.45, 7) is 5.46. The molecule has 2 amide bonds. The first-order valence-corrected chi connectivity index (χ1v) is 12.0. The van der Waals surface area contributed by atoms with E-state index in [4.69, 9.17) is 9.47 Å². The Balaban J connectivity index is 1.44. The zero-order chi connectivity index (χ0) is 23.4. The SMILES string of the molecule is COc1cccc(NC(=O)CSc2cn(CC(=O)N3C[C@@H](C)O[C@@H](C)C3)c3ccccc23)c1. The van der Waals surface area contributed by atoms with Crippen molar-refractivity contribution >= 4 is 40.2 Å². The summed E-state index contributed by atoms with van der Waals surface area (Å²) in [5, 5.41) is 3.94. The highest BCUT2D eigenvalue weighted by Crippen LogP contribution is 2.30. The Kier molecular flexibility index (Phi) is 7.25. The monoisotopic (exact) mass is 467 g/mol. The fourth-order valence-corrected chi connectivity index (χ4v) is 5.02. The summed E-state index contributed by atoms with van der Waals surface area (Å²) in [7, 11) is 1.59. The Morgan fingerprint density at radius 1 is 1.12 bits per heavy atom. The summed E-state index contributed by atoms with van der Waals surface area (Å²) < 4.78 is 12.9. The predicted octanol–water partition coefficient (Wildman–Crippen LogP) is 4.02. The minimum absolute atomic E-state index is 0.0355. The summed E-state index contributed by atoms with van der Waals surface area (Å²) >= 11 is 1.46. The zero-order valence-corrected chi connectivity index (χ0v) is 19.9. The number of nitrogens with zero attached hydrogens (tertiary/aromatic N) is 2. The molecule has 0 bridgehead atoms. The Morgan fingerprint density at radius 2 is 1.88 bits per heavy atom. The van der Waals surface area contributed by atoms with Crippen molar-refractivity contribution in [2.24, 2.45) is 0 Å². The number of hydrogen-bond acceptors (Lipinski definition) is 5. The summed E-state index contributed by atoms with van der Waals surface area (Å²) in [5.74, 6) is 0.928. The maximum atomic E-state index is 13.0. The van der Waals surface area contributed by atoms with Gasteiger partial charge in [0.1, 0.15) is 12.3 Å². The lowest BCUT2D eigenvalue weighted by Crippen LogP contribution is -2.49. The van der Waals surface area contributed by atoms with Crippen molar-refractivity contribution in [2.75, 3.05) is 31.3 Å². The minimum atomic E-state index is -0.0996. The number of amides is 2. The van der Waals surface area contributed by atoms with Gasteiger partial charge < -0.3 is 24.3 Å². The number of thioether (sulfide) groups is 1. The van der Waals surface area contributed by atoms with Crippen LogP contribution in [-0.2, 0) is 20.9 Å². The zero-order valence-electron chi connectivity index (χ0n) is 19.1. The molecular formula is C25H29N3O4S. The number of methoxy groups -OCH3 is 1. The van der Waals surface area contributed by atoms with Gasteiger partial charge in [-0.05, 0) is 32.0 Å². The van der Waals surface area contributed by atoms with E-state index in [1.54, 1.807) is 13.2 Å². The minimum Gasteiger partial charge on any atom is -0.497 e. The number of morpholine rings is 1. The van der Waals surface area contributed by atoms with Crippen molar-refractivity contribution in [3.8, 4) is 5.75 Å². The molecule has 2 aromatic carbocycles. The quantitative estimate of drug-likeness (QED) is 0.532. The largest absolute Gasteiger partial charge is 0.497 e. The average Bonchev–Trinajstić information content (AvgIpc) is 3.14. The fraction of sp³-hybridized carbons (Fsp3) is 0.360. The maximum absolute atomic E-state index is 13.0. The molecule has 1 aliphatic heterocycles. The Hall–Kier alpha value is -2.97. The number of carbonyl (C=O) groups excluding carboxylic acids is 2. The second-order valence-corrected chi connectivity index (χ2v) is 9.28. The van der Waals surface area contributed by atoms with E-state index in [1.807, 2.05) is 72.0 Å². The second-order valence-electron chi connectivity index (χ2n) is 8.26. The Bertz CT molecular complexity index is 1140. The number of hydrogen-bond donors (Lipinski definition) is 1. The summed E-state index contributed by atoms with van der Waals surface area (Å²) in [6.07, 6.45) is 2.04. The third-order valence-electron chi connectivity index (χ3n) is 5.54. The number of para-hydroxylation sites is 1. The highest BCUT2D eigenvalue weighted by molar-refractivity contribution is 8.00. The van der Waals surface area contributed by atoms with E-state index < -0.39 is 0 Å². The van der Waals surface area contributed by atoms with Gasteiger partial charge in [-0.1, -0.05) is 24.3 Å². The number of fused-ring (bicyclic) bond motifs is 1. The van der Waals surface area contributed by atoms with Crippen molar-refractivity contribution in [1.82, 2.24) is 9.47 Å². The van der Waals surface area contributed by atoms with Gasteiger partial charge in [0.05, 0.1) is 25.1 Å². The topological polar surface area (TPSA) is 72.8 Å². The van der Waals surface area contributed by atoms with E-state index in [-0.39, 0.29) is 36.3 Å². The molecule has 4 rings (SSSR count). The molecule has 0 saturated carbocycles. The van der Waals surface area contributed by atoms with Crippen LogP contribution in [0.4, 0.5) is 5.69 Å². The molecule has 1 N–H and O–H groups in total. The van der Waals surface area contributed by atoms with Crippen LogP contribution in [0.1, 0.15) is 13.8 Å². The molecule has 0 aliphatic carbocycles. The number of benzene rings is 2. The third kappa shape index (κ3) is 5.69. The highest BCUT2D eigenvalue weighted by Gasteiger charge is 2.26. The van der Waals surface area contributed by atoms with Crippen LogP contribution in [0.5, 0.6) is 5.75 Å². The molecule has 1 fully saturated rings.